The molecule has 0 aromatic heterocycles. The van der Waals surface area contributed by atoms with Crippen molar-refractivity contribution < 1.29 is 33.8 Å². The van der Waals surface area contributed by atoms with Crippen LogP contribution in [0.15, 0.2) is 131 Å². The van der Waals surface area contributed by atoms with E-state index in [9.17, 15) is 19.5 Å². The largest absolute Gasteiger partial charge is 0.508 e. The van der Waals surface area contributed by atoms with Crippen LogP contribution in [-0.4, -0.2) is 48.0 Å². The lowest BCUT2D eigenvalue weighted by atomic mass is 9.49. The molecule has 5 aromatic carbocycles. The maximum absolute atomic E-state index is 15.4. The number of nitrogens with zero attached hydrogens (tertiary/aromatic N) is 2. The predicted octanol–water partition coefficient (Wildman–Crippen LogP) is 8.84. The molecule has 2 heterocycles. The van der Waals surface area contributed by atoms with Gasteiger partial charge in [0.15, 0.2) is 0 Å². The SMILES string of the molecule is COc1ccc(OC)c(C=Cc2ccc(N3C(=O)[C@H]4[C@H](CC=C5[C@H]4C[C@H]4C(=O)N(Nc6ccc(C)cc6)C(=O)[C@@]4(c4ccccc4)[C@H]5c4cc(Br)ccc4O)C3=O)cc2)c1. The highest BCUT2D eigenvalue weighted by Crippen LogP contribution is 2.65. The van der Waals surface area contributed by atoms with E-state index in [1.54, 1.807) is 44.6 Å². The maximum Gasteiger partial charge on any atom is 0.260 e. The van der Waals surface area contributed by atoms with Gasteiger partial charge in [-0.15, -0.1) is 0 Å². The van der Waals surface area contributed by atoms with Crippen molar-refractivity contribution in [2.75, 3.05) is 24.5 Å². The highest BCUT2D eigenvalue weighted by Gasteiger charge is 2.70. The molecule has 4 aliphatic rings. The van der Waals surface area contributed by atoms with Crippen LogP contribution in [-0.2, 0) is 24.6 Å². The third-order valence-electron chi connectivity index (χ3n) is 12.7. The highest BCUT2D eigenvalue weighted by molar-refractivity contribution is 9.10. The Morgan fingerprint density at radius 2 is 1.55 bits per heavy atom. The molecule has 6 atom stereocenters. The third-order valence-corrected chi connectivity index (χ3v) is 13.2. The van der Waals surface area contributed by atoms with Gasteiger partial charge in [0.05, 0.1) is 48.8 Å². The summed E-state index contributed by atoms with van der Waals surface area (Å²) in [6.45, 7) is 1.96. The van der Waals surface area contributed by atoms with Gasteiger partial charge in [-0.1, -0.05) is 99.9 Å². The number of hydrogen-bond acceptors (Lipinski definition) is 8. The lowest BCUT2D eigenvalue weighted by molar-refractivity contribution is -0.138. The molecule has 1 saturated carbocycles. The summed E-state index contributed by atoms with van der Waals surface area (Å²) >= 11 is 3.60. The van der Waals surface area contributed by atoms with Crippen molar-refractivity contribution in [2.45, 2.75) is 31.1 Å². The first kappa shape index (κ1) is 39.0. The lowest BCUT2D eigenvalue weighted by Crippen LogP contribution is -2.53. The number of phenolic OH excluding ortho intramolecular Hbond substituents is 1. The number of hydrazine groups is 1. The zero-order valence-electron chi connectivity index (χ0n) is 33.2. The van der Waals surface area contributed by atoms with Gasteiger partial charge in [-0.2, -0.15) is 5.01 Å². The molecule has 60 heavy (non-hydrogen) atoms. The normalized spacial score (nSPS) is 24.6. The van der Waals surface area contributed by atoms with Crippen LogP contribution in [0, 0.1) is 30.6 Å². The average molecular weight is 865 g/mol. The van der Waals surface area contributed by atoms with Crippen molar-refractivity contribution >= 4 is 63.1 Å². The number of allylic oxidation sites excluding steroid dienone is 2. The van der Waals surface area contributed by atoms with Crippen LogP contribution in [0.2, 0.25) is 0 Å². The Balaban J connectivity index is 1.11. The number of benzene rings is 5. The molecule has 0 spiro atoms. The molecule has 5 aromatic rings. The van der Waals surface area contributed by atoms with Crippen molar-refractivity contribution in [2.24, 2.45) is 23.7 Å². The molecule has 2 aliphatic heterocycles. The second kappa shape index (κ2) is 15.3. The number of imide groups is 2. The molecule has 4 amide bonds. The summed E-state index contributed by atoms with van der Waals surface area (Å²) in [7, 11) is 3.21. The fourth-order valence-electron chi connectivity index (χ4n) is 9.99. The van der Waals surface area contributed by atoms with Crippen LogP contribution < -0.4 is 19.8 Å². The summed E-state index contributed by atoms with van der Waals surface area (Å²) in [5, 5.41) is 12.8. The molecule has 0 unspecified atom stereocenters. The number of phenols is 1. The first-order valence-electron chi connectivity index (χ1n) is 19.9. The number of aryl methyl sites for hydroxylation is 1. The van der Waals surface area contributed by atoms with E-state index in [1.807, 2.05) is 110 Å². The first-order chi connectivity index (χ1) is 29.0. The zero-order valence-corrected chi connectivity index (χ0v) is 34.8. The monoisotopic (exact) mass is 863 g/mol. The van der Waals surface area contributed by atoms with Gasteiger partial charge in [0.2, 0.25) is 11.8 Å². The van der Waals surface area contributed by atoms with Gasteiger partial charge in [-0.3, -0.25) is 29.5 Å². The van der Waals surface area contributed by atoms with Gasteiger partial charge in [0.1, 0.15) is 17.2 Å². The number of rotatable bonds is 9. The number of anilines is 2. The van der Waals surface area contributed by atoms with E-state index in [1.165, 1.54) is 4.90 Å². The molecule has 0 bridgehead atoms. The van der Waals surface area contributed by atoms with Crippen molar-refractivity contribution in [3.05, 3.63) is 159 Å². The zero-order chi connectivity index (χ0) is 41.9. The third kappa shape index (κ3) is 6.22. The number of hydrogen-bond donors (Lipinski definition) is 2. The maximum atomic E-state index is 15.4. The van der Waals surface area contributed by atoms with Crippen molar-refractivity contribution in [3.8, 4) is 17.2 Å². The van der Waals surface area contributed by atoms with Crippen LogP contribution in [0.3, 0.4) is 0 Å². The number of ether oxygens (including phenoxy) is 2. The van der Waals surface area contributed by atoms with E-state index in [-0.39, 0.29) is 30.4 Å². The first-order valence-corrected chi connectivity index (χ1v) is 20.7. The Kier molecular flexibility index (Phi) is 9.94. The quantitative estimate of drug-likeness (QED) is 0.0856. The molecule has 302 valence electrons. The van der Waals surface area contributed by atoms with Crippen molar-refractivity contribution in [3.63, 3.8) is 0 Å². The Bertz CT molecular complexity index is 2610. The second-order valence-electron chi connectivity index (χ2n) is 15.8. The molecule has 9 rings (SSSR count). The Labute approximate surface area is 356 Å². The number of halogens is 1. The number of nitrogens with one attached hydrogen (secondary N) is 1. The van der Waals surface area contributed by atoms with Gasteiger partial charge >= 0.3 is 0 Å². The summed E-state index contributed by atoms with van der Waals surface area (Å²) < 4.78 is 11.6. The Hall–Kier alpha value is -6.46. The van der Waals surface area contributed by atoms with Crippen LogP contribution in [0.4, 0.5) is 11.4 Å². The number of methoxy groups -OCH3 is 2. The molecular formula is C49H42BrN3O7. The van der Waals surface area contributed by atoms with E-state index >= 15 is 4.79 Å². The van der Waals surface area contributed by atoms with Gasteiger partial charge < -0.3 is 14.6 Å². The molecule has 10 nitrogen and oxygen atoms in total. The van der Waals surface area contributed by atoms with Gasteiger partial charge in [-0.05, 0) is 97.5 Å². The van der Waals surface area contributed by atoms with Crippen LogP contribution >= 0.6 is 15.9 Å². The molecule has 11 heteroatoms. The molecule has 2 aliphatic carbocycles. The standard InChI is InChI=1S/C49H42BrN3O7/c1-28-9-16-33(17-10-28)51-53-46(56)40-27-38-36(44(39-26-32(50)15-23-41(39)54)49(40,48(53)58)31-7-5-4-6-8-31)21-22-37-43(38)47(57)52(45(37)55)34-18-12-29(13-19-34)11-14-30-25-35(59-2)20-24-42(30)60-3/h4-21,23-26,37-38,40,43-44,51,54H,22,27H2,1-3H3/t37-,38+,40-,43-,44+,49+/m0/s1. The molecule has 2 saturated heterocycles. The minimum atomic E-state index is -1.49. The smallest absolute Gasteiger partial charge is 0.260 e. The Morgan fingerprint density at radius 1 is 0.800 bits per heavy atom. The van der Waals surface area contributed by atoms with Crippen LogP contribution in [0.5, 0.6) is 17.2 Å². The van der Waals surface area contributed by atoms with E-state index in [0.29, 0.717) is 38.5 Å². The second-order valence-corrected chi connectivity index (χ2v) is 16.8. The summed E-state index contributed by atoms with van der Waals surface area (Å²) in [6, 6.07) is 34.6. The minimum Gasteiger partial charge on any atom is -0.508 e. The van der Waals surface area contributed by atoms with E-state index in [4.69, 9.17) is 9.47 Å². The molecule has 2 N–H and O–H groups in total. The molecular weight excluding hydrogens is 822 g/mol. The van der Waals surface area contributed by atoms with E-state index in [0.717, 1.165) is 27.3 Å². The van der Waals surface area contributed by atoms with Gasteiger partial charge in [0, 0.05) is 21.5 Å². The number of amides is 4. The fraction of sp³-hybridized carbons (Fsp3) is 0.224. The van der Waals surface area contributed by atoms with Crippen LogP contribution in [0.25, 0.3) is 12.2 Å². The summed E-state index contributed by atoms with van der Waals surface area (Å²) in [5.41, 5.74) is 7.18. The van der Waals surface area contributed by atoms with Crippen molar-refractivity contribution in [1.82, 2.24) is 5.01 Å². The number of aromatic hydroxyl groups is 1. The topological polar surface area (TPSA) is 125 Å². The molecule has 0 radical (unpaired) electrons. The van der Waals surface area contributed by atoms with Crippen molar-refractivity contribution in [1.29, 1.82) is 0 Å². The van der Waals surface area contributed by atoms with Gasteiger partial charge in [0.25, 0.3) is 11.8 Å². The number of carbonyl (C=O) groups is 4. The summed E-state index contributed by atoms with van der Waals surface area (Å²) in [4.78, 5) is 60.8. The average Bonchev–Trinajstić information content (AvgIpc) is 3.65. The lowest BCUT2D eigenvalue weighted by Gasteiger charge is -2.50. The Morgan fingerprint density at radius 3 is 2.27 bits per heavy atom. The van der Waals surface area contributed by atoms with E-state index < -0.39 is 46.8 Å². The summed E-state index contributed by atoms with van der Waals surface area (Å²) in [6.07, 6.45) is 6.22. The predicted molar refractivity (Wildman–Crippen MR) is 232 cm³/mol. The fourth-order valence-corrected chi connectivity index (χ4v) is 10.4. The molecule has 3 fully saturated rings. The van der Waals surface area contributed by atoms with Crippen LogP contribution in [0.1, 0.15) is 46.6 Å². The van der Waals surface area contributed by atoms with Gasteiger partial charge in [-0.25, -0.2) is 0 Å². The highest BCUT2D eigenvalue weighted by atomic mass is 79.9. The summed E-state index contributed by atoms with van der Waals surface area (Å²) in [5.74, 6) is -4.02. The van der Waals surface area contributed by atoms with E-state index in [2.05, 4.69) is 21.4 Å². The number of fused-ring (bicyclic) bond motifs is 4. The minimum absolute atomic E-state index is 0.0411. The number of carbonyl (C=O) groups excluding carboxylic acids is 4.